The van der Waals surface area contributed by atoms with E-state index in [4.69, 9.17) is 0 Å². The molecule has 2 aromatic rings. The highest BCUT2D eigenvalue weighted by Gasteiger charge is 2.34. The topological polar surface area (TPSA) is 135 Å². The summed E-state index contributed by atoms with van der Waals surface area (Å²) in [6.07, 6.45) is 2.72. The number of hydrogen-bond acceptors (Lipinski definition) is 9. The molecule has 9 nitrogen and oxygen atoms in total. The predicted molar refractivity (Wildman–Crippen MR) is 162 cm³/mol. The molecular formula is C32H43F3N6O3. The van der Waals surface area contributed by atoms with Crippen molar-refractivity contribution in [3.63, 3.8) is 0 Å². The number of para-hydroxylation sites is 1. The Labute approximate surface area is 256 Å². The number of nitrogens with one attached hydrogen (secondary N) is 3. The Balaban J connectivity index is 1.32. The Morgan fingerprint density at radius 3 is 2.43 bits per heavy atom. The van der Waals surface area contributed by atoms with Crippen molar-refractivity contribution in [3.8, 4) is 11.8 Å². The zero-order valence-corrected chi connectivity index (χ0v) is 25.2. The van der Waals surface area contributed by atoms with Crippen LogP contribution in [0.5, 0.6) is 5.75 Å². The number of benzene rings is 1. The van der Waals surface area contributed by atoms with Crippen LogP contribution in [0.3, 0.4) is 0 Å². The van der Waals surface area contributed by atoms with E-state index < -0.39 is 12.0 Å². The molecule has 2 fully saturated rings. The van der Waals surface area contributed by atoms with Crippen LogP contribution >= 0.6 is 0 Å². The zero-order chi connectivity index (χ0) is 31.7. The van der Waals surface area contributed by atoms with Crippen molar-refractivity contribution >= 4 is 11.8 Å². The van der Waals surface area contributed by atoms with Crippen LogP contribution < -0.4 is 20.7 Å². The third-order valence-corrected chi connectivity index (χ3v) is 8.90. The third kappa shape index (κ3) is 9.81. The summed E-state index contributed by atoms with van der Waals surface area (Å²) in [7, 11) is 0. The summed E-state index contributed by atoms with van der Waals surface area (Å²) >= 11 is 0. The van der Waals surface area contributed by atoms with Crippen LogP contribution in [0.15, 0.2) is 42.6 Å². The minimum atomic E-state index is -4.81. The average molecular weight is 617 g/mol. The van der Waals surface area contributed by atoms with Crippen LogP contribution in [-0.4, -0.2) is 58.4 Å². The minimum Gasteiger partial charge on any atom is -0.405 e. The summed E-state index contributed by atoms with van der Waals surface area (Å²) in [5.41, 5.74) is 0.811. The lowest BCUT2D eigenvalue weighted by atomic mass is 9.72. The number of nitriles is 1. The van der Waals surface area contributed by atoms with Crippen LogP contribution in [-0.2, 0) is 6.54 Å². The first-order valence-electron chi connectivity index (χ1n) is 15.2. The largest absolute Gasteiger partial charge is 0.573 e. The summed E-state index contributed by atoms with van der Waals surface area (Å²) in [5, 5.41) is 39.3. The molecule has 2 aliphatic carbocycles. The van der Waals surface area contributed by atoms with Crippen molar-refractivity contribution in [2.75, 3.05) is 36.9 Å². The average Bonchev–Trinajstić information content (AvgIpc) is 3.00. The monoisotopic (exact) mass is 616 g/mol. The molecule has 0 aliphatic heterocycles. The van der Waals surface area contributed by atoms with Gasteiger partial charge < -0.3 is 30.9 Å². The molecule has 0 amide bonds. The molecule has 0 saturated heterocycles. The van der Waals surface area contributed by atoms with E-state index in [9.17, 15) is 28.6 Å². The number of aliphatic hydroxyl groups excluding tert-OH is 1. The van der Waals surface area contributed by atoms with Crippen molar-refractivity contribution in [3.05, 3.63) is 53.7 Å². The van der Waals surface area contributed by atoms with E-state index in [-0.39, 0.29) is 36.0 Å². The van der Waals surface area contributed by atoms with Gasteiger partial charge in [-0.1, -0.05) is 30.4 Å². The molecule has 4 rings (SSSR count). The van der Waals surface area contributed by atoms with Crippen LogP contribution in [0.2, 0.25) is 0 Å². The van der Waals surface area contributed by atoms with Crippen molar-refractivity contribution in [1.82, 2.24) is 15.3 Å². The second-order valence-electron chi connectivity index (χ2n) is 12.4. The van der Waals surface area contributed by atoms with Gasteiger partial charge in [0.2, 0.25) is 5.95 Å². The van der Waals surface area contributed by atoms with Gasteiger partial charge in [-0.05, 0) is 94.7 Å². The number of allylic oxidation sites excluding steroid dienone is 1. The van der Waals surface area contributed by atoms with E-state index in [1.807, 2.05) is 0 Å². The maximum atomic E-state index is 12.8. The van der Waals surface area contributed by atoms with Gasteiger partial charge in [-0.3, -0.25) is 0 Å². The summed E-state index contributed by atoms with van der Waals surface area (Å²) in [5.74, 6) is 1.93. The fourth-order valence-electron chi connectivity index (χ4n) is 6.34. The fourth-order valence-corrected chi connectivity index (χ4v) is 6.34. The molecule has 1 heterocycles. The van der Waals surface area contributed by atoms with Gasteiger partial charge in [0.15, 0.2) is 0 Å². The standard InChI is InChI=1S/C32H43F3N6O3/c1-21(2)26-12-23(16-37-15-22-7-9-31(43,20-42)10-8-22)11-24(13-26)17-38-29-27(14-36)19-40-30(41-29)39-18-25-5-3-4-6-28(25)44-32(33,34)35/h3-6,19,22-24,26,37,42-43H,1,7-13,15-18,20H2,2H3,(H2,38,39,40,41)/t22?,23-,24-,26?,31?/m0/s1. The molecule has 0 radical (unpaired) electrons. The molecule has 0 bridgehead atoms. The molecule has 2 saturated carbocycles. The van der Waals surface area contributed by atoms with E-state index >= 15 is 0 Å². The number of alkyl halides is 3. The summed E-state index contributed by atoms with van der Waals surface area (Å²) < 4.78 is 42.5. The molecule has 5 N–H and O–H groups in total. The highest BCUT2D eigenvalue weighted by molar-refractivity contribution is 5.53. The quantitative estimate of drug-likeness (QED) is 0.188. The van der Waals surface area contributed by atoms with E-state index in [2.05, 4.69) is 50.2 Å². The lowest BCUT2D eigenvalue weighted by molar-refractivity contribution is -0.274. The maximum Gasteiger partial charge on any atom is 0.573 e. The summed E-state index contributed by atoms with van der Waals surface area (Å²) in [6.45, 7) is 8.52. The smallest absolute Gasteiger partial charge is 0.405 e. The zero-order valence-electron chi connectivity index (χ0n) is 25.2. The molecule has 44 heavy (non-hydrogen) atoms. The number of aromatic nitrogens is 2. The Morgan fingerprint density at radius 1 is 1.09 bits per heavy atom. The van der Waals surface area contributed by atoms with Gasteiger partial charge in [0, 0.05) is 18.7 Å². The minimum absolute atomic E-state index is 0.00163. The number of hydrogen-bond donors (Lipinski definition) is 5. The highest BCUT2D eigenvalue weighted by Crippen LogP contribution is 2.37. The van der Waals surface area contributed by atoms with E-state index in [1.165, 1.54) is 24.4 Å². The van der Waals surface area contributed by atoms with Crippen molar-refractivity contribution in [2.24, 2.45) is 23.7 Å². The second kappa shape index (κ2) is 15.1. The van der Waals surface area contributed by atoms with Gasteiger partial charge in [0.25, 0.3) is 0 Å². The highest BCUT2D eigenvalue weighted by atomic mass is 19.4. The lowest BCUT2D eigenvalue weighted by Gasteiger charge is -2.37. The van der Waals surface area contributed by atoms with Crippen LogP contribution in [0.4, 0.5) is 24.9 Å². The first-order valence-corrected chi connectivity index (χ1v) is 15.2. The van der Waals surface area contributed by atoms with Crippen LogP contribution in [0.1, 0.15) is 63.0 Å². The van der Waals surface area contributed by atoms with Crippen molar-refractivity contribution < 1.29 is 28.1 Å². The Bertz CT molecular complexity index is 1290. The van der Waals surface area contributed by atoms with Gasteiger partial charge in [-0.25, -0.2) is 4.98 Å². The van der Waals surface area contributed by atoms with Gasteiger partial charge in [-0.2, -0.15) is 10.2 Å². The van der Waals surface area contributed by atoms with Gasteiger partial charge in [0.05, 0.1) is 18.4 Å². The van der Waals surface area contributed by atoms with E-state index in [0.717, 1.165) is 50.8 Å². The van der Waals surface area contributed by atoms with Crippen LogP contribution in [0.25, 0.3) is 0 Å². The van der Waals surface area contributed by atoms with Gasteiger partial charge in [-0.15, -0.1) is 13.2 Å². The molecule has 1 aromatic carbocycles. The molecule has 1 unspecified atom stereocenters. The number of rotatable bonds is 13. The Kier molecular flexibility index (Phi) is 11.5. The second-order valence-corrected chi connectivity index (χ2v) is 12.4. The molecular weight excluding hydrogens is 573 g/mol. The predicted octanol–water partition coefficient (Wildman–Crippen LogP) is 5.38. The normalized spacial score (nSPS) is 25.6. The van der Waals surface area contributed by atoms with Gasteiger partial charge in [0.1, 0.15) is 23.2 Å². The molecule has 2 aliphatic rings. The maximum absolute atomic E-state index is 12.8. The molecule has 240 valence electrons. The number of nitrogens with zero attached hydrogens (tertiary/aromatic N) is 3. The van der Waals surface area contributed by atoms with Gasteiger partial charge >= 0.3 is 6.36 Å². The Morgan fingerprint density at radius 2 is 1.77 bits per heavy atom. The number of ether oxygens (including phenoxy) is 1. The molecule has 12 heteroatoms. The Hall–Kier alpha value is -3.40. The summed E-state index contributed by atoms with van der Waals surface area (Å²) in [6, 6.07) is 7.96. The van der Waals surface area contributed by atoms with E-state index in [1.54, 1.807) is 6.07 Å². The molecule has 3 atom stereocenters. The molecule has 0 spiro atoms. The number of aliphatic hydroxyl groups is 2. The summed E-state index contributed by atoms with van der Waals surface area (Å²) in [4.78, 5) is 8.62. The lowest BCUT2D eigenvalue weighted by Crippen LogP contribution is -2.40. The van der Waals surface area contributed by atoms with Crippen molar-refractivity contribution in [2.45, 2.75) is 70.4 Å². The first kappa shape index (κ1) is 33.5. The van der Waals surface area contributed by atoms with E-state index in [0.29, 0.717) is 48.9 Å². The third-order valence-electron chi connectivity index (χ3n) is 8.90. The van der Waals surface area contributed by atoms with Crippen molar-refractivity contribution in [1.29, 1.82) is 5.26 Å². The number of anilines is 2. The first-order chi connectivity index (χ1) is 21.0. The number of halogens is 3. The van der Waals surface area contributed by atoms with Crippen LogP contribution in [0, 0.1) is 35.0 Å². The fraction of sp³-hybridized carbons (Fsp3) is 0.594. The SMILES string of the molecule is C=C(C)C1C[C@@H](CNCC2CCC(O)(CO)CC2)C[C@H](CNc2nc(NCc3ccccc3OC(F)(F)F)ncc2C#N)C1. The molecule has 1 aromatic heterocycles.